The third-order valence-electron chi connectivity index (χ3n) is 3.69. The minimum atomic E-state index is 0.453. The Morgan fingerprint density at radius 3 is 2.33 bits per heavy atom. The van der Waals surface area contributed by atoms with Crippen LogP contribution in [0.25, 0.3) is 22.0 Å². The summed E-state index contributed by atoms with van der Waals surface area (Å²) >= 11 is 6.13. The summed E-state index contributed by atoms with van der Waals surface area (Å²) in [5, 5.41) is 10.8. The summed E-state index contributed by atoms with van der Waals surface area (Å²) in [7, 11) is 0. The van der Waals surface area contributed by atoms with Gasteiger partial charge < -0.3 is 0 Å². The first-order valence-electron chi connectivity index (χ1n) is 7.30. The quantitative estimate of drug-likeness (QED) is 0.653. The van der Waals surface area contributed by atoms with Crippen molar-refractivity contribution >= 4 is 22.4 Å². The number of aromatic nitrogens is 2. The zero-order valence-electron chi connectivity index (χ0n) is 12.0. The molecule has 1 aromatic heterocycles. The molecule has 0 aliphatic carbocycles. The van der Waals surface area contributed by atoms with Crippen molar-refractivity contribution in [3.63, 3.8) is 0 Å². The second-order valence-corrected chi connectivity index (χ2v) is 5.54. The molecule has 0 unspecified atom stereocenters. The van der Waals surface area contributed by atoms with Crippen molar-refractivity contribution in [2.45, 2.75) is 26.2 Å². The summed E-state index contributed by atoms with van der Waals surface area (Å²) in [5.74, 6) is 0. The molecule has 0 aliphatic rings. The van der Waals surface area contributed by atoms with Crippen LogP contribution in [-0.4, -0.2) is 10.2 Å². The highest BCUT2D eigenvalue weighted by molar-refractivity contribution is 6.34. The zero-order chi connectivity index (χ0) is 14.7. The van der Waals surface area contributed by atoms with Crippen LogP contribution in [0.3, 0.4) is 0 Å². The fourth-order valence-corrected chi connectivity index (χ4v) is 2.70. The summed E-state index contributed by atoms with van der Waals surface area (Å²) in [6.07, 6.45) is 3.57. The molecule has 0 atom stereocenters. The van der Waals surface area contributed by atoms with E-state index in [1.165, 1.54) is 18.4 Å². The second-order valence-electron chi connectivity index (χ2n) is 5.19. The lowest BCUT2D eigenvalue weighted by molar-refractivity contribution is 0.795. The number of hydrogen-bond acceptors (Lipinski definition) is 2. The van der Waals surface area contributed by atoms with Crippen LogP contribution in [0.4, 0.5) is 0 Å². The van der Waals surface area contributed by atoms with Gasteiger partial charge in [-0.1, -0.05) is 73.5 Å². The van der Waals surface area contributed by atoms with E-state index >= 15 is 0 Å². The van der Waals surface area contributed by atoms with Crippen LogP contribution >= 0.6 is 11.6 Å². The van der Waals surface area contributed by atoms with Gasteiger partial charge in [0.1, 0.15) is 5.69 Å². The van der Waals surface area contributed by atoms with Crippen LogP contribution in [0.5, 0.6) is 0 Å². The summed E-state index contributed by atoms with van der Waals surface area (Å²) < 4.78 is 0. The van der Waals surface area contributed by atoms with Crippen LogP contribution in [0.15, 0.2) is 48.5 Å². The normalized spacial score (nSPS) is 11.0. The topological polar surface area (TPSA) is 25.8 Å². The number of unbranched alkanes of at least 4 members (excludes halogenated alkanes) is 1. The molecular formula is C18H17ClN2. The maximum absolute atomic E-state index is 6.13. The van der Waals surface area contributed by atoms with Crippen molar-refractivity contribution in [1.82, 2.24) is 10.2 Å². The van der Waals surface area contributed by atoms with Crippen LogP contribution in [0.2, 0.25) is 5.15 Å². The molecular weight excluding hydrogens is 280 g/mol. The van der Waals surface area contributed by atoms with Crippen molar-refractivity contribution in [2.24, 2.45) is 0 Å². The summed E-state index contributed by atoms with van der Waals surface area (Å²) in [5.41, 5.74) is 3.33. The molecule has 0 N–H and O–H groups in total. The van der Waals surface area contributed by atoms with Gasteiger partial charge in [-0.3, -0.25) is 0 Å². The number of benzene rings is 2. The molecule has 3 rings (SSSR count). The fraction of sp³-hybridized carbons (Fsp3) is 0.222. The average Bonchev–Trinajstić information content (AvgIpc) is 2.54. The third-order valence-corrected chi connectivity index (χ3v) is 3.97. The first kappa shape index (κ1) is 14.0. The molecule has 1 heterocycles. The lowest BCUT2D eigenvalue weighted by Gasteiger charge is -2.07. The molecule has 3 heteroatoms. The van der Waals surface area contributed by atoms with Crippen molar-refractivity contribution in [1.29, 1.82) is 0 Å². The van der Waals surface area contributed by atoms with E-state index in [-0.39, 0.29) is 0 Å². The molecule has 21 heavy (non-hydrogen) atoms. The first-order valence-corrected chi connectivity index (χ1v) is 7.67. The Morgan fingerprint density at radius 1 is 0.905 bits per heavy atom. The Morgan fingerprint density at radius 2 is 1.62 bits per heavy atom. The fourth-order valence-electron chi connectivity index (χ4n) is 2.49. The van der Waals surface area contributed by atoms with Gasteiger partial charge in [-0.2, -0.15) is 0 Å². The van der Waals surface area contributed by atoms with Crippen molar-refractivity contribution < 1.29 is 0 Å². The minimum Gasteiger partial charge on any atom is -0.148 e. The van der Waals surface area contributed by atoms with E-state index in [1.807, 2.05) is 24.3 Å². The lowest BCUT2D eigenvalue weighted by Crippen LogP contribution is -1.92. The van der Waals surface area contributed by atoms with Crippen LogP contribution in [-0.2, 0) is 6.42 Å². The van der Waals surface area contributed by atoms with E-state index in [9.17, 15) is 0 Å². The Kier molecular flexibility index (Phi) is 4.16. The van der Waals surface area contributed by atoms with Gasteiger partial charge in [0.15, 0.2) is 5.15 Å². The van der Waals surface area contributed by atoms with E-state index in [1.54, 1.807) is 0 Å². The van der Waals surface area contributed by atoms with Crippen LogP contribution in [0.1, 0.15) is 25.3 Å². The highest BCUT2D eigenvalue weighted by Gasteiger charge is 2.09. The van der Waals surface area contributed by atoms with Gasteiger partial charge in [0.05, 0.1) is 0 Å². The Labute approximate surface area is 129 Å². The molecule has 2 nitrogen and oxygen atoms in total. The van der Waals surface area contributed by atoms with E-state index in [4.69, 9.17) is 11.6 Å². The number of nitrogens with zero attached hydrogens (tertiary/aromatic N) is 2. The predicted molar refractivity (Wildman–Crippen MR) is 88.6 cm³/mol. The third kappa shape index (κ3) is 2.91. The molecule has 0 fully saturated rings. The molecule has 0 saturated heterocycles. The van der Waals surface area contributed by atoms with Gasteiger partial charge in [0, 0.05) is 16.3 Å². The maximum Gasteiger partial charge on any atom is 0.159 e. The van der Waals surface area contributed by atoms with Gasteiger partial charge in [-0.15, -0.1) is 10.2 Å². The summed E-state index contributed by atoms with van der Waals surface area (Å²) in [4.78, 5) is 0. The molecule has 0 spiro atoms. The van der Waals surface area contributed by atoms with Crippen LogP contribution in [0, 0.1) is 0 Å². The van der Waals surface area contributed by atoms with Gasteiger partial charge in [-0.05, 0) is 18.4 Å². The average molecular weight is 297 g/mol. The monoisotopic (exact) mass is 296 g/mol. The number of aryl methyl sites for hydroxylation is 1. The van der Waals surface area contributed by atoms with E-state index in [0.29, 0.717) is 5.15 Å². The van der Waals surface area contributed by atoms with Gasteiger partial charge >= 0.3 is 0 Å². The van der Waals surface area contributed by atoms with E-state index < -0.39 is 0 Å². The molecule has 0 saturated carbocycles. The maximum atomic E-state index is 6.13. The molecule has 0 bridgehead atoms. The largest absolute Gasteiger partial charge is 0.159 e. The van der Waals surface area contributed by atoms with Crippen molar-refractivity contribution in [3.8, 4) is 11.3 Å². The summed E-state index contributed by atoms with van der Waals surface area (Å²) in [6.45, 7) is 2.21. The molecule has 3 aromatic rings. The molecule has 0 amide bonds. The molecule has 0 radical (unpaired) electrons. The number of hydrogen-bond donors (Lipinski definition) is 0. The second kappa shape index (κ2) is 6.23. The lowest BCUT2D eigenvalue weighted by atomic mass is 10.0. The van der Waals surface area contributed by atoms with E-state index in [0.717, 1.165) is 28.5 Å². The summed E-state index contributed by atoms with van der Waals surface area (Å²) in [6, 6.07) is 16.6. The number of fused-ring (bicyclic) bond motifs is 1. The smallest absolute Gasteiger partial charge is 0.148 e. The highest BCUT2D eigenvalue weighted by Crippen LogP contribution is 2.29. The number of rotatable bonds is 4. The molecule has 2 aromatic carbocycles. The van der Waals surface area contributed by atoms with Gasteiger partial charge in [0.2, 0.25) is 0 Å². The van der Waals surface area contributed by atoms with E-state index in [2.05, 4.69) is 41.4 Å². The first-order chi connectivity index (χ1) is 10.3. The van der Waals surface area contributed by atoms with Gasteiger partial charge in [0.25, 0.3) is 0 Å². The Hall–Kier alpha value is -1.93. The highest BCUT2D eigenvalue weighted by atomic mass is 35.5. The van der Waals surface area contributed by atoms with Gasteiger partial charge in [-0.25, -0.2) is 0 Å². The van der Waals surface area contributed by atoms with Crippen LogP contribution < -0.4 is 0 Å². The molecule has 106 valence electrons. The van der Waals surface area contributed by atoms with Crippen molar-refractivity contribution in [2.75, 3.05) is 0 Å². The molecule has 0 aliphatic heterocycles. The number of halogens is 1. The minimum absolute atomic E-state index is 0.453. The SMILES string of the molecule is CCCCc1ccc(-c2nnc(Cl)c3ccccc23)cc1. The van der Waals surface area contributed by atoms with Crippen molar-refractivity contribution in [3.05, 3.63) is 59.2 Å². The standard InChI is InChI=1S/C18H17ClN2/c1-2-3-6-13-9-11-14(12-10-13)17-15-7-4-5-8-16(15)18(19)21-20-17/h4-5,7-12H,2-3,6H2,1H3. The Bertz CT molecular complexity index is 751. The zero-order valence-corrected chi connectivity index (χ0v) is 12.8. The predicted octanol–water partition coefficient (Wildman–Crippen LogP) is 5.29. The Balaban J connectivity index is 2.02.